The smallest absolute Gasteiger partial charge is 0.238 e. The number of carbonyl (C=O) groups is 2. The van der Waals surface area contributed by atoms with Crippen LogP contribution < -0.4 is 11.1 Å². The number of Topliss-reactive ketones (excluding diaryl/α,β-unsaturated/α-hetero) is 1. The van der Waals surface area contributed by atoms with E-state index >= 15 is 0 Å². The molecule has 1 saturated carbocycles. The predicted octanol–water partition coefficient (Wildman–Crippen LogP) is 0.269. The van der Waals surface area contributed by atoms with Gasteiger partial charge in [0.25, 0.3) is 0 Å². The third-order valence-corrected chi connectivity index (χ3v) is 4.58. The molecule has 6 heteroatoms. The largest absolute Gasteiger partial charge is 0.508 e. The summed E-state index contributed by atoms with van der Waals surface area (Å²) in [6, 6.07) is 5.82. The molecule has 1 aliphatic carbocycles. The first-order valence-corrected chi connectivity index (χ1v) is 7.52. The quantitative estimate of drug-likeness (QED) is 0.741. The Labute approximate surface area is 128 Å². The van der Waals surface area contributed by atoms with Crippen molar-refractivity contribution in [1.29, 1.82) is 0 Å². The lowest BCUT2D eigenvalue weighted by Crippen LogP contribution is -2.59. The Morgan fingerprint density at radius 2 is 2.18 bits per heavy atom. The summed E-state index contributed by atoms with van der Waals surface area (Å²) >= 11 is 0. The van der Waals surface area contributed by atoms with Gasteiger partial charge in [-0.1, -0.05) is 12.1 Å². The molecule has 1 heterocycles. The average molecular weight is 304 g/mol. The topological polar surface area (TPSA) is 102 Å². The van der Waals surface area contributed by atoms with E-state index in [0.717, 1.165) is 18.4 Å². The Kier molecular flexibility index (Phi) is 3.88. The number of fused-ring (bicyclic) bond motifs is 1. The summed E-state index contributed by atoms with van der Waals surface area (Å²) in [6.45, 7) is 0.0676. The highest BCUT2D eigenvalue weighted by molar-refractivity contribution is 5.97. The summed E-state index contributed by atoms with van der Waals surface area (Å²) in [5.74, 6) is -0.220. The molecule has 3 unspecified atom stereocenters. The molecular formula is C16H20N2O4. The van der Waals surface area contributed by atoms with Crippen LogP contribution in [0.2, 0.25) is 0 Å². The lowest BCUT2D eigenvalue weighted by atomic mass is 9.91. The standard InChI is InChI=1S/C16H20N2O4/c17-12(8-10-3-5-11(19)6-4-10)15(21)18-16-7-1-2-14(16)22-9-13(16)20/h3-6,12,14,19H,1-2,7-9,17H2,(H,18,21). The molecule has 3 rings (SSSR count). The summed E-state index contributed by atoms with van der Waals surface area (Å²) in [5, 5.41) is 12.1. The molecule has 6 nitrogen and oxygen atoms in total. The number of amides is 1. The number of benzene rings is 1. The van der Waals surface area contributed by atoms with Gasteiger partial charge in [-0.15, -0.1) is 0 Å². The van der Waals surface area contributed by atoms with Crippen molar-refractivity contribution in [3.05, 3.63) is 29.8 Å². The number of rotatable bonds is 4. The van der Waals surface area contributed by atoms with Crippen molar-refractivity contribution in [2.24, 2.45) is 5.73 Å². The molecule has 1 aromatic carbocycles. The van der Waals surface area contributed by atoms with Crippen molar-refractivity contribution in [1.82, 2.24) is 5.32 Å². The van der Waals surface area contributed by atoms with Gasteiger partial charge in [-0.3, -0.25) is 9.59 Å². The number of nitrogens with one attached hydrogen (secondary N) is 1. The number of phenols is 1. The van der Waals surface area contributed by atoms with Crippen LogP contribution in [0.4, 0.5) is 0 Å². The summed E-state index contributed by atoms with van der Waals surface area (Å²) in [7, 11) is 0. The fraction of sp³-hybridized carbons (Fsp3) is 0.500. The third-order valence-electron chi connectivity index (χ3n) is 4.58. The van der Waals surface area contributed by atoms with E-state index < -0.39 is 11.6 Å². The normalized spacial score (nSPS) is 28.4. The van der Waals surface area contributed by atoms with E-state index in [2.05, 4.69) is 5.32 Å². The van der Waals surface area contributed by atoms with Crippen molar-refractivity contribution < 1.29 is 19.4 Å². The first kappa shape index (κ1) is 15.0. The molecule has 0 radical (unpaired) electrons. The average Bonchev–Trinajstić information content (AvgIpc) is 3.02. The molecule has 1 aromatic rings. The number of hydrogen-bond acceptors (Lipinski definition) is 5. The monoisotopic (exact) mass is 304 g/mol. The van der Waals surface area contributed by atoms with Gasteiger partial charge in [0.2, 0.25) is 5.91 Å². The van der Waals surface area contributed by atoms with E-state index in [-0.39, 0.29) is 30.2 Å². The van der Waals surface area contributed by atoms with Gasteiger partial charge in [0.15, 0.2) is 5.78 Å². The Hall–Kier alpha value is -1.92. The van der Waals surface area contributed by atoms with Gasteiger partial charge in [0.1, 0.15) is 17.9 Å². The highest BCUT2D eigenvalue weighted by Gasteiger charge is 2.55. The SMILES string of the molecule is NC(Cc1ccc(O)cc1)C(=O)NC12CCCC1OCC2=O. The van der Waals surface area contributed by atoms with Gasteiger partial charge < -0.3 is 20.9 Å². The summed E-state index contributed by atoms with van der Waals surface area (Å²) in [5.41, 5.74) is 5.95. The van der Waals surface area contributed by atoms with Crippen LogP contribution in [-0.4, -0.2) is 41.1 Å². The molecule has 0 aromatic heterocycles. The molecule has 0 spiro atoms. The van der Waals surface area contributed by atoms with Crippen LogP contribution in [0, 0.1) is 0 Å². The lowest BCUT2D eigenvalue weighted by molar-refractivity contribution is -0.130. The van der Waals surface area contributed by atoms with E-state index in [1.54, 1.807) is 24.3 Å². The first-order valence-electron chi connectivity index (χ1n) is 7.52. The Morgan fingerprint density at radius 3 is 2.91 bits per heavy atom. The molecular weight excluding hydrogens is 284 g/mol. The van der Waals surface area contributed by atoms with Gasteiger partial charge in [-0.05, 0) is 43.4 Å². The number of nitrogens with two attached hydrogens (primary N) is 1. The van der Waals surface area contributed by atoms with Crippen molar-refractivity contribution >= 4 is 11.7 Å². The fourth-order valence-corrected chi connectivity index (χ4v) is 3.33. The maximum atomic E-state index is 12.4. The summed E-state index contributed by atoms with van der Waals surface area (Å²) in [4.78, 5) is 24.5. The second-order valence-electron chi connectivity index (χ2n) is 6.05. The fourth-order valence-electron chi connectivity index (χ4n) is 3.33. The number of ketones is 1. The summed E-state index contributed by atoms with van der Waals surface area (Å²) < 4.78 is 5.47. The van der Waals surface area contributed by atoms with Gasteiger partial charge in [0.05, 0.1) is 12.1 Å². The third kappa shape index (κ3) is 2.60. The number of aromatic hydroxyl groups is 1. The van der Waals surface area contributed by atoms with Gasteiger partial charge in [-0.2, -0.15) is 0 Å². The number of phenolic OH excluding ortho intramolecular Hbond substituents is 1. The van der Waals surface area contributed by atoms with Crippen molar-refractivity contribution in [3.63, 3.8) is 0 Å². The van der Waals surface area contributed by atoms with Crippen LogP contribution in [0.5, 0.6) is 5.75 Å². The molecule has 0 bridgehead atoms. The zero-order valence-corrected chi connectivity index (χ0v) is 12.2. The Bertz CT molecular complexity index is 586. The summed E-state index contributed by atoms with van der Waals surface area (Å²) in [6.07, 6.45) is 2.41. The van der Waals surface area contributed by atoms with Crippen molar-refractivity contribution in [3.8, 4) is 5.75 Å². The molecule has 1 saturated heterocycles. The second kappa shape index (κ2) is 5.70. The molecule has 2 fully saturated rings. The Morgan fingerprint density at radius 1 is 1.45 bits per heavy atom. The van der Waals surface area contributed by atoms with E-state index in [0.29, 0.717) is 12.8 Å². The van der Waals surface area contributed by atoms with Crippen LogP contribution in [0.25, 0.3) is 0 Å². The number of hydrogen-bond donors (Lipinski definition) is 3. The number of ether oxygens (including phenoxy) is 1. The molecule has 4 N–H and O–H groups in total. The highest BCUT2D eigenvalue weighted by atomic mass is 16.5. The van der Waals surface area contributed by atoms with Crippen LogP contribution in [-0.2, 0) is 20.7 Å². The minimum atomic E-state index is -0.871. The minimum Gasteiger partial charge on any atom is -0.508 e. The number of carbonyl (C=O) groups excluding carboxylic acids is 2. The lowest BCUT2D eigenvalue weighted by Gasteiger charge is -2.28. The maximum absolute atomic E-state index is 12.4. The molecule has 1 aliphatic heterocycles. The van der Waals surface area contributed by atoms with Crippen LogP contribution in [0.1, 0.15) is 24.8 Å². The van der Waals surface area contributed by atoms with Crippen LogP contribution in [0.3, 0.4) is 0 Å². The second-order valence-corrected chi connectivity index (χ2v) is 6.05. The predicted molar refractivity (Wildman–Crippen MR) is 79.3 cm³/mol. The Balaban J connectivity index is 1.66. The molecule has 1 amide bonds. The van der Waals surface area contributed by atoms with Crippen molar-refractivity contribution in [2.75, 3.05) is 6.61 Å². The van der Waals surface area contributed by atoms with Crippen LogP contribution >= 0.6 is 0 Å². The molecule has 2 aliphatic rings. The van der Waals surface area contributed by atoms with Gasteiger partial charge in [-0.25, -0.2) is 0 Å². The zero-order valence-electron chi connectivity index (χ0n) is 12.2. The van der Waals surface area contributed by atoms with Gasteiger partial charge in [0, 0.05) is 0 Å². The first-order chi connectivity index (χ1) is 10.5. The van der Waals surface area contributed by atoms with E-state index in [1.807, 2.05) is 0 Å². The maximum Gasteiger partial charge on any atom is 0.238 e. The van der Waals surface area contributed by atoms with E-state index in [4.69, 9.17) is 10.5 Å². The van der Waals surface area contributed by atoms with Crippen molar-refractivity contribution in [2.45, 2.75) is 43.4 Å². The minimum absolute atomic E-state index is 0.0554. The zero-order chi connectivity index (χ0) is 15.7. The van der Waals surface area contributed by atoms with Gasteiger partial charge >= 0.3 is 0 Å². The highest BCUT2D eigenvalue weighted by Crippen LogP contribution is 2.37. The molecule has 3 atom stereocenters. The van der Waals surface area contributed by atoms with Crippen LogP contribution in [0.15, 0.2) is 24.3 Å². The van der Waals surface area contributed by atoms with E-state index in [1.165, 1.54) is 0 Å². The van der Waals surface area contributed by atoms with E-state index in [9.17, 15) is 14.7 Å². The molecule has 22 heavy (non-hydrogen) atoms. The molecule has 118 valence electrons.